The van der Waals surface area contributed by atoms with Crippen LogP contribution in [0.25, 0.3) is 11.4 Å². The zero-order chi connectivity index (χ0) is 15.2. The van der Waals surface area contributed by atoms with Crippen molar-refractivity contribution in [2.75, 3.05) is 12.0 Å². The normalized spacial score (nSPS) is 10.5. The van der Waals surface area contributed by atoms with Crippen molar-refractivity contribution in [3.05, 3.63) is 30.5 Å². The largest absolute Gasteiger partial charge is 0.490 e. The molecule has 0 aliphatic carbocycles. The zero-order valence-electron chi connectivity index (χ0n) is 11.2. The summed E-state index contributed by atoms with van der Waals surface area (Å²) in [5, 5.41) is 0. The number of hydrazine groups is 1. The van der Waals surface area contributed by atoms with Gasteiger partial charge in [0, 0.05) is 17.8 Å². The number of benzene rings is 1. The fraction of sp³-hybridized carbons (Fsp3) is 0.231. The van der Waals surface area contributed by atoms with Crippen molar-refractivity contribution in [1.29, 1.82) is 0 Å². The number of alkyl halides is 2. The number of hydrogen-bond acceptors (Lipinski definition) is 6. The SMILES string of the molecule is CCOc1cc(-c2nccc(NN)n2)ccc1OC(F)F. The topological polar surface area (TPSA) is 82.3 Å². The highest BCUT2D eigenvalue weighted by molar-refractivity contribution is 5.62. The van der Waals surface area contributed by atoms with Crippen molar-refractivity contribution in [3.8, 4) is 22.9 Å². The molecule has 0 saturated carbocycles. The van der Waals surface area contributed by atoms with Crippen molar-refractivity contribution < 1.29 is 18.3 Å². The number of hydrogen-bond donors (Lipinski definition) is 2. The maximum Gasteiger partial charge on any atom is 0.387 e. The average Bonchev–Trinajstić information content (AvgIpc) is 2.49. The molecule has 6 nitrogen and oxygen atoms in total. The van der Waals surface area contributed by atoms with Gasteiger partial charge in [-0.2, -0.15) is 8.78 Å². The molecular formula is C13H14F2N4O2. The molecule has 1 aromatic carbocycles. The van der Waals surface area contributed by atoms with E-state index in [0.717, 1.165) is 0 Å². The third kappa shape index (κ3) is 3.76. The van der Waals surface area contributed by atoms with Gasteiger partial charge in [-0.15, -0.1) is 0 Å². The third-order valence-electron chi connectivity index (χ3n) is 2.52. The summed E-state index contributed by atoms with van der Waals surface area (Å²) in [5.41, 5.74) is 3.00. The summed E-state index contributed by atoms with van der Waals surface area (Å²) in [7, 11) is 0. The molecule has 0 bridgehead atoms. The number of halogens is 2. The second-order valence-corrected chi connectivity index (χ2v) is 3.88. The first-order valence-corrected chi connectivity index (χ1v) is 6.15. The Balaban J connectivity index is 2.38. The van der Waals surface area contributed by atoms with Crippen LogP contribution in [0.3, 0.4) is 0 Å². The molecule has 21 heavy (non-hydrogen) atoms. The zero-order valence-corrected chi connectivity index (χ0v) is 11.2. The van der Waals surface area contributed by atoms with Gasteiger partial charge in [0.25, 0.3) is 0 Å². The van der Waals surface area contributed by atoms with E-state index in [4.69, 9.17) is 10.6 Å². The van der Waals surface area contributed by atoms with Crippen LogP contribution in [0.15, 0.2) is 30.5 Å². The van der Waals surface area contributed by atoms with Crippen LogP contribution in [0, 0.1) is 0 Å². The Morgan fingerprint density at radius 2 is 2.10 bits per heavy atom. The molecule has 112 valence electrons. The van der Waals surface area contributed by atoms with Crippen LogP contribution < -0.4 is 20.7 Å². The molecule has 1 heterocycles. The Labute approximate surface area is 119 Å². The molecule has 3 N–H and O–H groups in total. The van der Waals surface area contributed by atoms with Gasteiger partial charge >= 0.3 is 6.61 Å². The molecule has 0 fully saturated rings. The minimum atomic E-state index is -2.92. The predicted octanol–water partition coefficient (Wildman–Crippen LogP) is 2.43. The lowest BCUT2D eigenvalue weighted by atomic mass is 10.2. The average molecular weight is 296 g/mol. The summed E-state index contributed by atoms with van der Waals surface area (Å²) in [6, 6.07) is 6.09. The van der Waals surface area contributed by atoms with E-state index in [-0.39, 0.29) is 11.5 Å². The summed E-state index contributed by atoms with van der Waals surface area (Å²) >= 11 is 0. The molecule has 0 aliphatic rings. The quantitative estimate of drug-likeness (QED) is 0.629. The van der Waals surface area contributed by atoms with E-state index in [1.165, 1.54) is 18.3 Å². The Morgan fingerprint density at radius 1 is 1.29 bits per heavy atom. The van der Waals surface area contributed by atoms with Gasteiger partial charge in [0.05, 0.1) is 6.61 Å². The van der Waals surface area contributed by atoms with Crippen LogP contribution in [0.2, 0.25) is 0 Å². The summed E-state index contributed by atoms with van der Waals surface area (Å²) in [4.78, 5) is 8.26. The third-order valence-corrected chi connectivity index (χ3v) is 2.52. The summed E-state index contributed by atoms with van der Waals surface area (Å²) in [6.45, 7) is -0.862. The van der Waals surface area contributed by atoms with Gasteiger partial charge in [-0.3, -0.25) is 0 Å². The van der Waals surface area contributed by atoms with Gasteiger partial charge in [0.2, 0.25) is 0 Å². The van der Waals surface area contributed by atoms with Crippen molar-refractivity contribution in [2.45, 2.75) is 13.5 Å². The van der Waals surface area contributed by atoms with Gasteiger partial charge in [-0.25, -0.2) is 15.8 Å². The first-order chi connectivity index (χ1) is 10.1. The molecule has 2 aromatic rings. The molecule has 0 spiro atoms. The molecule has 0 radical (unpaired) electrons. The second kappa shape index (κ2) is 6.80. The van der Waals surface area contributed by atoms with E-state index in [9.17, 15) is 8.78 Å². The second-order valence-electron chi connectivity index (χ2n) is 3.88. The Hall–Kier alpha value is -2.48. The van der Waals surface area contributed by atoms with E-state index >= 15 is 0 Å². The highest BCUT2D eigenvalue weighted by Gasteiger charge is 2.13. The molecule has 0 unspecified atom stereocenters. The molecule has 0 amide bonds. The van der Waals surface area contributed by atoms with Crippen LogP contribution in [-0.2, 0) is 0 Å². The standard InChI is InChI=1S/C13H14F2N4O2/c1-2-20-10-7-8(3-4-9(10)21-13(14)15)12-17-6-5-11(18-12)19-16/h3-7,13H,2,16H2,1H3,(H,17,18,19). The Bertz CT molecular complexity index is 610. The highest BCUT2D eigenvalue weighted by Crippen LogP contribution is 2.32. The van der Waals surface area contributed by atoms with Crippen LogP contribution in [0.4, 0.5) is 14.6 Å². The van der Waals surface area contributed by atoms with Crippen LogP contribution in [-0.4, -0.2) is 23.2 Å². The molecule has 1 aromatic heterocycles. The lowest BCUT2D eigenvalue weighted by Crippen LogP contribution is -2.09. The van der Waals surface area contributed by atoms with E-state index < -0.39 is 6.61 Å². The minimum Gasteiger partial charge on any atom is -0.490 e. The fourth-order valence-electron chi connectivity index (χ4n) is 1.69. The number of ether oxygens (including phenoxy) is 2. The summed E-state index contributed by atoms with van der Waals surface area (Å²) < 4.78 is 34.4. The molecule has 0 aliphatic heterocycles. The lowest BCUT2D eigenvalue weighted by Gasteiger charge is -2.12. The number of rotatable bonds is 6. The van der Waals surface area contributed by atoms with Crippen molar-refractivity contribution in [3.63, 3.8) is 0 Å². The fourth-order valence-corrected chi connectivity index (χ4v) is 1.69. The number of nitrogens with zero attached hydrogens (tertiary/aromatic N) is 2. The number of anilines is 1. The van der Waals surface area contributed by atoms with Crippen molar-refractivity contribution in [1.82, 2.24) is 9.97 Å². The van der Waals surface area contributed by atoms with Crippen LogP contribution in [0.1, 0.15) is 6.92 Å². The first-order valence-electron chi connectivity index (χ1n) is 6.15. The van der Waals surface area contributed by atoms with E-state index in [2.05, 4.69) is 20.1 Å². The van der Waals surface area contributed by atoms with Gasteiger partial charge < -0.3 is 14.9 Å². The van der Waals surface area contributed by atoms with E-state index in [1.54, 1.807) is 19.1 Å². The number of nitrogen functional groups attached to an aromatic ring is 1. The Kier molecular flexibility index (Phi) is 4.83. The maximum atomic E-state index is 12.3. The first kappa shape index (κ1) is 14.9. The van der Waals surface area contributed by atoms with Gasteiger partial charge in [0.1, 0.15) is 5.82 Å². The van der Waals surface area contributed by atoms with Gasteiger partial charge in [-0.05, 0) is 25.1 Å². The lowest BCUT2D eigenvalue weighted by molar-refractivity contribution is -0.0514. The summed E-state index contributed by atoms with van der Waals surface area (Å²) in [6.07, 6.45) is 1.53. The summed E-state index contributed by atoms with van der Waals surface area (Å²) in [5.74, 6) is 6.27. The monoisotopic (exact) mass is 296 g/mol. The van der Waals surface area contributed by atoms with Gasteiger partial charge in [0.15, 0.2) is 17.3 Å². The highest BCUT2D eigenvalue weighted by atomic mass is 19.3. The van der Waals surface area contributed by atoms with Crippen molar-refractivity contribution >= 4 is 5.82 Å². The number of aromatic nitrogens is 2. The van der Waals surface area contributed by atoms with E-state index in [0.29, 0.717) is 23.8 Å². The number of nitrogens with two attached hydrogens (primary N) is 1. The molecule has 0 saturated heterocycles. The van der Waals surface area contributed by atoms with Crippen LogP contribution >= 0.6 is 0 Å². The smallest absolute Gasteiger partial charge is 0.387 e. The molecule has 0 atom stereocenters. The molecular weight excluding hydrogens is 282 g/mol. The minimum absolute atomic E-state index is 0.0382. The molecule has 8 heteroatoms. The van der Waals surface area contributed by atoms with Crippen LogP contribution in [0.5, 0.6) is 11.5 Å². The van der Waals surface area contributed by atoms with Crippen molar-refractivity contribution in [2.24, 2.45) is 5.84 Å². The molecule has 2 rings (SSSR count). The Morgan fingerprint density at radius 3 is 2.76 bits per heavy atom. The number of nitrogens with one attached hydrogen (secondary N) is 1. The van der Waals surface area contributed by atoms with E-state index in [1.807, 2.05) is 0 Å². The maximum absolute atomic E-state index is 12.3. The van der Waals surface area contributed by atoms with Gasteiger partial charge in [-0.1, -0.05) is 0 Å². The predicted molar refractivity (Wildman–Crippen MR) is 73.1 cm³/mol.